The van der Waals surface area contributed by atoms with E-state index in [0.29, 0.717) is 67.0 Å². The number of piperidine rings is 1. The first kappa shape index (κ1) is 19.0. The summed E-state index contributed by atoms with van der Waals surface area (Å²) in [5, 5.41) is 10.7. The van der Waals surface area contributed by atoms with Crippen LogP contribution in [0.5, 0.6) is 5.88 Å². The van der Waals surface area contributed by atoms with E-state index in [-0.39, 0.29) is 11.7 Å². The van der Waals surface area contributed by atoms with E-state index in [9.17, 15) is 13.9 Å². The molecule has 30 heavy (non-hydrogen) atoms. The molecule has 0 atom stereocenters. The molecule has 2 saturated heterocycles. The molecule has 8 heteroatoms. The van der Waals surface area contributed by atoms with E-state index in [1.54, 1.807) is 18.2 Å². The van der Waals surface area contributed by atoms with Crippen molar-refractivity contribution in [2.45, 2.75) is 18.6 Å². The number of hydrogen-bond donors (Lipinski definition) is 2. The summed E-state index contributed by atoms with van der Waals surface area (Å²) in [5.41, 5.74) is 1.83. The van der Waals surface area contributed by atoms with Crippen LogP contribution in [-0.4, -0.2) is 48.4 Å². The molecule has 0 unspecified atom stereocenters. The Morgan fingerprint density at radius 2 is 1.83 bits per heavy atom. The third kappa shape index (κ3) is 3.42. The Kier molecular flexibility index (Phi) is 4.67. The van der Waals surface area contributed by atoms with Gasteiger partial charge in [-0.05, 0) is 30.3 Å². The Morgan fingerprint density at radius 3 is 2.57 bits per heavy atom. The monoisotopic (exact) mass is 413 g/mol. The van der Waals surface area contributed by atoms with Crippen LogP contribution in [0.25, 0.3) is 10.9 Å². The van der Waals surface area contributed by atoms with Gasteiger partial charge in [0.05, 0.1) is 35.7 Å². The molecule has 3 heterocycles. The molecule has 2 N–H and O–H groups in total. The number of aromatic nitrogens is 1. The number of halogens is 2. The van der Waals surface area contributed by atoms with Gasteiger partial charge < -0.3 is 24.5 Å². The summed E-state index contributed by atoms with van der Waals surface area (Å²) >= 11 is 0. The molecule has 0 radical (unpaired) electrons. The van der Waals surface area contributed by atoms with Crippen molar-refractivity contribution in [3.63, 3.8) is 0 Å². The molecule has 0 bridgehead atoms. The van der Waals surface area contributed by atoms with Gasteiger partial charge in [0.25, 0.3) is 0 Å². The van der Waals surface area contributed by atoms with Gasteiger partial charge in [0.2, 0.25) is 0 Å². The topological polar surface area (TPSA) is 70.1 Å². The van der Waals surface area contributed by atoms with Crippen molar-refractivity contribution in [1.82, 2.24) is 4.98 Å². The zero-order chi connectivity index (χ0) is 20.7. The van der Waals surface area contributed by atoms with Crippen LogP contribution < -0.4 is 4.90 Å². The van der Waals surface area contributed by atoms with E-state index in [2.05, 4.69) is 9.98 Å². The number of anilines is 1. The predicted octanol–water partition coefficient (Wildman–Crippen LogP) is 4.25. The molecule has 2 aromatic carbocycles. The molecule has 2 aliphatic heterocycles. The van der Waals surface area contributed by atoms with Crippen LogP contribution in [0.3, 0.4) is 0 Å². The number of H-pyrrole nitrogens is 1. The van der Waals surface area contributed by atoms with Crippen LogP contribution >= 0.6 is 0 Å². The number of aromatic amines is 1. The van der Waals surface area contributed by atoms with Gasteiger partial charge in [-0.1, -0.05) is 0 Å². The van der Waals surface area contributed by atoms with E-state index in [1.165, 1.54) is 24.4 Å². The highest BCUT2D eigenvalue weighted by molar-refractivity contribution is 6.02. The summed E-state index contributed by atoms with van der Waals surface area (Å²) in [7, 11) is 0. The van der Waals surface area contributed by atoms with Gasteiger partial charge in [-0.25, -0.2) is 8.78 Å². The van der Waals surface area contributed by atoms with Crippen LogP contribution in [0.1, 0.15) is 18.4 Å². The first-order chi connectivity index (χ1) is 14.5. The third-order valence-corrected chi connectivity index (χ3v) is 5.73. The first-order valence-electron chi connectivity index (χ1n) is 9.90. The zero-order valence-electron chi connectivity index (χ0n) is 16.2. The quantitative estimate of drug-likeness (QED) is 0.630. The second-order valence-corrected chi connectivity index (χ2v) is 7.57. The van der Waals surface area contributed by atoms with Gasteiger partial charge in [0, 0.05) is 43.6 Å². The van der Waals surface area contributed by atoms with Crippen LogP contribution in [0.15, 0.2) is 41.4 Å². The summed E-state index contributed by atoms with van der Waals surface area (Å²) in [6.07, 6.45) is 2.85. The van der Waals surface area contributed by atoms with Gasteiger partial charge in [-0.3, -0.25) is 4.99 Å². The van der Waals surface area contributed by atoms with Crippen molar-refractivity contribution in [2.24, 2.45) is 4.99 Å². The van der Waals surface area contributed by atoms with Crippen molar-refractivity contribution >= 4 is 28.5 Å². The fourth-order valence-corrected chi connectivity index (χ4v) is 4.15. The lowest BCUT2D eigenvalue weighted by atomic mass is 10.0. The fourth-order valence-electron chi connectivity index (χ4n) is 4.15. The van der Waals surface area contributed by atoms with Gasteiger partial charge in [0.15, 0.2) is 11.7 Å². The van der Waals surface area contributed by atoms with E-state index in [4.69, 9.17) is 9.47 Å². The fraction of sp³-hybridized carbons (Fsp3) is 0.318. The molecule has 0 saturated carbocycles. The maximum Gasteiger partial charge on any atom is 0.198 e. The molecular formula is C22H21F2N3O3. The number of hydrogen-bond acceptors (Lipinski definition) is 5. The Balaban J connectivity index is 1.34. The minimum atomic E-state index is -0.499. The van der Waals surface area contributed by atoms with Crippen LogP contribution in [-0.2, 0) is 9.47 Å². The normalized spacial score (nSPS) is 18.8. The lowest BCUT2D eigenvalue weighted by molar-refractivity contribution is -0.169. The lowest BCUT2D eigenvalue weighted by Gasteiger charge is -2.38. The van der Waals surface area contributed by atoms with Crippen molar-refractivity contribution in [3.8, 4) is 5.88 Å². The van der Waals surface area contributed by atoms with Crippen LogP contribution in [0, 0.1) is 11.6 Å². The number of ether oxygens (including phenoxy) is 2. The minimum Gasteiger partial charge on any atom is -0.494 e. The van der Waals surface area contributed by atoms with Crippen molar-refractivity contribution in [1.29, 1.82) is 0 Å². The molecule has 6 nitrogen and oxygen atoms in total. The van der Waals surface area contributed by atoms with E-state index in [0.717, 1.165) is 0 Å². The van der Waals surface area contributed by atoms with E-state index in [1.807, 2.05) is 4.90 Å². The average Bonchev–Trinajstić information content (AvgIpc) is 3.31. The summed E-state index contributed by atoms with van der Waals surface area (Å²) in [4.78, 5) is 8.99. The molecule has 5 rings (SSSR count). The van der Waals surface area contributed by atoms with Crippen LogP contribution in [0.4, 0.5) is 20.2 Å². The minimum absolute atomic E-state index is 0.116. The Labute approximate surface area is 171 Å². The molecule has 0 aliphatic carbocycles. The third-order valence-electron chi connectivity index (χ3n) is 5.73. The number of aliphatic imine (C=N–C) groups is 1. The largest absolute Gasteiger partial charge is 0.494 e. The van der Waals surface area contributed by atoms with Gasteiger partial charge in [-0.2, -0.15) is 0 Å². The molecular weight excluding hydrogens is 392 g/mol. The molecule has 3 aromatic rings. The lowest BCUT2D eigenvalue weighted by Crippen LogP contribution is -2.45. The maximum absolute atomic E-state index is 14.8. The second kappa shape index (κ2) is 7.37. The number of nitrogens with zero attached hydrogens (tertiary/aromatic N) is 2. The predicted molar refractivity (Wildman–Crippen MR) is 110 cm³/mol. The summed E-state index contributed by atoms with van der Waals surface area (Å²) in [6.45, 7) is 2.53. The van der Waals surface area contributed by atoms with Crippen molar-refractivity contribution < 1.29 is 23.4 Å². The molecule has 1 aromatic heterocycles. The molecule has 156 valence electrons. The number of benzene rings is 2. The van der Waals surface area contributed by atoms with Crippen LogP contribution in [0.2, 0.25) is 0 Å². The number of fused-ring (bicyclic) bond motifs is 1. The summed E-state index contributed by atoms with van der Waals surface area (Å²) < 4.78 is 39.6. The number of nitrogens with one attached hydrogen (secondary N) is 1. The molecule has 2 aliphatic rings. The maximum atomic E-state index is 14.8. The van der Waals surface area contributed by atoms with Crippen molar-refractivity contribution in [2.75, 3.05) is 31.2 Å². The van der Waals surface area contributed by atoms with E-state index < -0.39 is 11.6 Å². The highest BCUT2D eigenvalue weighted by Crippen LogP contribution is 2.35. The summed E-state index contributed by atoms with van der Waals surface area (Å²) in [5.74, 6) is -1.38. The zero-order valence-corrected chi connectivity index (χ0v) is 16.2. The molecule has 2 fully saturated rings. The highest BCUT2D eigenvalue weighted by atomic mass is 19.1. The highest BCUT2D eigenvalue weighted by Gasteiger charge is 2.40. The molecule has 1 spiro atoms. The molecule has 0 amide bonds. The van der Waals surface area contributed by atoms with Gasteiger partial charge in [-0.15, -0.1) is 0 Å². The number of rotatable bonds is 3. The SMILES string of the molecule is Oc1[nH]c2cc(F)ccc2c1C=Nc1ccc(N2CCC3(CC2)OCCO3)c(F)c1. The first-order valence-corrected chi connectivity index (χ1v) is 9.90. The Bertz CT molecular complexity index is 1110. The summed E-state index contributed by atoms with van der Waals surface area (Å²) in [6, 6.07) is 8.97. The van der Waals surface area contributed by atoms with Gasteiger partial charge in [0.1, 0.15) is 11.6 Å². The van der Waals surface area contributed by atoms with Crippen molar-refractivity contribution in [3.05, 3.63) is 53.6 Å². The number of aromatic hydroxyl groups is 1. The Morgan fingerprint density at radius 1 is 1.07 bits per heavy atom. The van der Waals surface area contributed by atoms with E-state index >= 15 is 0 Å². The Hall–Kier alpha value is -2.97. The smallest absolute Gasteiger partial charge is 0.198 e. The standard InChI is InChI=1S/C22H21F2N3O3/c23-14-1-3-16-17(21(28)26-19(16)11-14)13-25-15-2-4-20(18(24)12-15)27-7-5-22(6-8-27)29-9-10-30-22/h1-4,11-13,26,28H,5-10H2. The average molecular weight is 413 g/mol. The van der Waals surface area contributed by atoms with Gasteiger partial charge >= 0.3 is 0 Å². The second-order valence-electron chi connectivity index (χ2n) is 7.57.